The number of carbonyl (C=O) groups is 3. The van der Waals surface area contributed by atoms with Crippen molar-refractivity contribution < 1.29 is 23.9 Å². The number of esters is 2. The maximum atomic E-state index is 12.8. The molecule has 2 N–H and O–H groups in total. The van der Waals surface area contributed by atoms with Crippen molar-refractivity contribution in [1.29, 1.82) is 0 Å². The fourth-order valence-corrected chi connectivity index (χ4v) is 2.87. The van der Waals surface area contributed by atoms with Gasteiger partial charge in [0.05, 0.1) is 23.4 Å². The maximum Gasteiger partial charge on any atom is 0.340 e. The third-order valence-corrected chi connectivity index (χ3v) is 4.23. The molecule has 0 aliphatic heterocycles. The van der Waals surface area contributed by atoms with Gasteiger partial charge in [-0.25, -0.2) is 9.59 Å². The van der Waals surface area contributed by atoms with Crippen LogP contribution < -0.4 is 5.32 Å². The van der Waals surface area contributed by atoms with Crippen LogP contribution in [-0.4, -0.2) is 42.5 Å². The molecule has 0 saturated carbocycles. The minimum atomic E-state index is -1.02. The molecule has 0 saturated heterocycles. The Morgan fingerprint density at radius 2 is 1.81 bits per heavy atom. The number of nitrogens with one attached hydrogen (secondary N) is 2. The quantitative estimate of drug-likeness (QED) is 0.572. The van der Waals surface area contributed by atoms with Crippen LogP contribution in [0, 0.1) is 13.8 Å². The fraction of sp³-hybridized carbons (Fsp3) is 0.350. The van der Waals surface area contributed by atoms with Gasteiger partial charge < -0.3 is 19.8 Å². The molecule has 27 heavy (non-hydrogen) atoms. The van der Waals surface area contributed by atoms with Crippen LogP contribution in [0.2, 0.25) is 0 Å². The van der Waals surface area contributed by atoms with Gasteiger partial charge in [0.1, 0.15) is 0 Å². The molecule has 7 nitrogen and oxygen atoms in total. The van der Waals surface area contributed by atoms with Crippen LogP contribution in [0.3, 0.4) is 0 Å². The number of anilines is 1. The van der Waals surface area contributed by atoms with Gasteiger partial charge in [-0.3, -0.25) is 4.79 Å². The lowest BCUT2D eigenvalue weighted by molar-refractivity contribution is 0.0317. The zero-order valence-electron chi connectivity index (χ0n) is 16.1. The number of aromatic nitrogens is 1. The highest BCUT2D eigenvalue weighted by Crippen LogP contribution is 2.22. The highest BCUT2D eigenvalue weighted by atomic mass is 16.5. The van der Waals surface area contributed by atoms with E-state index in [1.165, 1.54) is 6.92 Å². The number of hydrogen-bond donors (Lipinski definition) is 2. The molecule has 0 fully saturated rings. The summed E-state index contributed by atoms with van der Waals surface area (Å²) in [5, 5.41) is 2.91. The van der Waals surface area contributed by atoms with Crippen molar-refractivity contribution in [1.82, 2.24) is 4.98 Å². The molecule has 2 rings (SSSR count). The molecule has 7 heteroatoms. The molecule has 0 bridgehead atoms. The van der Waals surface area contributed by atoms with Crippen molar-refractivity contribution in [3.05, 3.63) is 52.3 Å². The summed E-state index contributed by atoms with van der Waals surface area (Å²) in [7, 11) is 1.70. The number of hydrogen-bond acceptors (Lipinski definition) is 6. The van der Waals surface area contributed by atoms with Crippen molar-refractivity contribution in [2.75, 3.05) is 19.0 Å². The van der Waals surface area contributed by atoms with Gasteiger partial charge in [0.25, 0.3) is 0 Å². The summed E-state index contributed by atoms with van der Waals surface area (Å²) in [5.41, 5.74) is 2.53. The van der Waals surface area contributed by atoms with Crippen LogP contribution in [0.1, 0.15) is 56.3 Å². The van der Waals surface area contributed by atoms with Gasteiger partial charge in [-0.05, 0) is 45.4 Å². The van der Waals surface area contributed by atoms with E-state index in [9.17, 15) is 14.4 Å². The first-order chi connectivity index (χ1) is 12.8. The molecule has 1 aromatic carbocycles. The molecule has 0 aliphatic rings. The fourth-order valence-electron chi connectivity index (χ4n) is 2.87. The third kappa shape index (κ3) is 4.19. The summed E-state index contributed by atoms with van der Waals surface area (Å²) >= 11 is 0. The Morgan fingerprint density at radius 1 is 1.15 bits per heavy atom. The van der Waals surface area contributed by atoms with Crippen molar-refractivity contribution in [3.63, 3.8) is 0 Å². The van der Waals surface area contributed by atoms with Gasteiger partial charge in [-0.1, -0.05) is 12.1 Å². The lowest BCUT2D eigenvalue weighted by atomic mass is 10.1. The number of benzene rings is 1. The lowest BCUT2D eigenvalue weighted by Gasteiger charge is -2.14. The predicted molar refractivity (Wildman–Crippen MR) is 101 cm³/mol. The number of carbonyl (C=O) groups excluding carboxylic acids is 3. The van der Waals surface area contributed by atoms with Crippen LogP contribution in [0.25, 0.3) is 0 Å². The molecule has 0 aliphatic carbocycles. The SMILES string of the molecule is CCOC(=O)c1c(C)[nH]c(C(=O)C(C)OC(=O)c2ccccc2NC)c1C. The van der Waals surface area contributed by atoms with Gasteiger partial charge in [0.15, 0.2) is 6.10 Å². The highest BCUT2D eigenvalue weighted by molar-refractivity contribution is 6.05. The van der Waals surface area contributed by atoms with Crippen LogP contribution in [0.15, 0.2) is 24.3 Å². The number of ketones is 1. The average Bonchev–Trinajstić information content (AvgIpc) is 2.95. The van der Waals surface area contributed by atoms with Crippen molar-refractivity contribution in [2.24, 2.45) is 0 Å². The molecule has 1 atom stereocenters. The Balaban J connectivity index is 2.22. The van der Waals surface area contributed by atoms with Crippen molar-refractivity contribution in [3.8, 4) is 0 Å². The summed E-state index contributed by atoms with van der Waals surface area (Å²) in [6.45, 7) is 6.81. The second-order valence-corrected chi connectivity index (χ2v) is 6.05. The van der Waals surface area contributed by atoms with E-state index in [1.807, 2.05) is 0 Å². The molecule has 2 aromatic rings. The maximum absolute atomic E-state index is 12.8. The standard InChI is InChI=1S/C20H24N2O5/c1-6-26-20(25)16-11(2)17(22-12(16)3)18(23)13(4)27-19(24)14-9-7-8-10-15(14)21-5/h7-10,13,21-22H,6H2,1-5H3. The first-order valence-corrected chi connectivity index (χ1v) is 8.70. The smallest absolute Gasteiger partial charge is 0.340 e. The molecule has 0 radical (unpaired) electrons. The lowest BCUT2D eigenvalue weighted by Crippen LogP contribution is -2.25. The molecular formula is C20H24N2O5. The van der Waals surface area contributed by atoms with E-state index >= 15 is 0 Å². The second-order valence-electron chi connectivity index (χ2n) is 6.05. The third-order valence-electron chi connectivity index (χ3n) is 4.23. The summed E-state index contributed by atoms with van der Waals surface area (Å²) in [6.07, 6.45) is -1.02. The van der Waals surface area contributed by atoms with E-state index in [0.717, 1.165) is 0 Å². The van der Waals surface area contributed by atoms with Gasteiger partial charge >= 0.3 is 11.9 Å². The number of H-pyrrole nitrogens is 1. The topological polar surface area (TPSA) is 97.5 Å². The zero-order chi connectivity index (χ0) is 20.1. The first kappa shape index (κ1) is 20.2. The molecule has 0 spiro atoms. The van der Waals surface area contributed by atoms with Crippen molar-refractivity contribution >= 4 is 23.4 Å². The average molecular weight is 372 g/mol. The second kappa shape index (κ2) is 8.53. The Hall–Kier alpha value is -3.09. The number of Topliss-reactive ketones (excluding diaryl/α,β-unsaturated/α-hetero) is 1. The number of rotatable bonds is 7. The molecular weight excluding hydrogens is 348 g/mol. The molecule has 0 amide bonds. The van der Waals surface area contributed by atoms with E-state index in [4.69, 9.17) is 9.47 Å². The van der Waals surface area contributed by atoms with E-state index in [0.29, 0.717) is 28.1 Å². The van der Waals surface area contributed by atoms with Crippen molar-refractivity contribution in [2.45, 2.75) is 33.8 Å². The van der Waals surface area contributed by atoms with Crippen LogP contribution in [0.5, 0.6) is 0 Å². The van der Waals surface area contributed by atoms with Crippen LogP contribution in [0.4, 0.5) is 5.69 Å². The minimum absolute atomic E-state index is 0.234. The van der Waals surface area contributed by atoms with Crippen LogP contribution in [-0.2, 0) is 9.47 Å². The number of ether oxygens (including phenoxy) is 2. The molecule has 144 valence electrons. The Kier molecular flexibility index (Phi) is 6.39. The number of aryl methyl sites for hydroxylation is 1. The normalized spacial score (nSPS) is 11.6. The minimum Gasteiger partial charge on any atom is -0.462 e. The summed E-state index contributed by atoms with van der Waals surface area (Å²) in [5.74, 6) is -1.51. The van der Waals surface area contributed by atoms with E-state index < -0.39 is 23.8 Å². The summed E-state index contributed by atoms with van der Waals surface area (Å²) in [4.78, 5) is 40.2. The summed E-state index contributed by atoms with van der Waals surface area (Å²) in [6, 6.07) is 6.87. The van der Waals surface area contributed by atoms with Gasteiger partial charge in [-0.15, -0.1) is 0 Å². The predicted octanol–water partition coefficient (Wildman–Crippen LogP) is 3.28. The highest BCUT2D eigenvalue weighted by Gasteiger charge is 2.28. The van der Waals surface area contributed by atoms with E-state index in [2.05, 4.69) is 10.3 Å². The Bertz CT molecular complexity index is 869. The van der Waals surface area contributed by atoms with E-state index in [-0.39, 0.29) is 12.3 Å². The monoisotopic (exact) mass is 372 g/mol. The Morgan fingerprint density at radius 3 is 2.44 bits per heavy atom. The first-order valence-electron chi connectivity index (χ1n) is 8.70. The number of aromatic amines is 1. The largest absolute Gasteiger partial charge is 0.462 e. The molecule has 1 unspecified atom stereocenters. The number of para-hydroxylation sites is 1. The zero-order valence-corrected chi connectivity index (χ0v) is 16.1. The van der Waals surface area contributed by atoms with Gasteiger partial charge in [-0.2, -0.15) is 0 Å². The van der Waals surface area contributed by atoms with E-state index in [1.54, 1.807) is 52.1 Å². The summed E-state index contributed by atoms with van der Waals surface area (Å²) < 4.78 is 10.4. The molecule has 1 aromatic heterocycles. The Labute approximate surface area is 158 Å². The van der Waals surface area contributed by atoms with Gasteiger partial charge in [0, 0.05) is 18.4 Å². The van der Waals surface area contributed by atoms with Gasteiger partial charge in [0.2, 0.25) is 5.78 Å². The molecule has 1 heterocycles. The van der Waals surface area contributed by atoms with Crippen LogP contribution >= 0.6 is 0 Å².